The number of hydrogen-bond acceptors (Lipinski definition) is 7. The third-order valence-electron chi connectivity index (χ3n) is 6.07. The number of amides is 1. The predicted molar refractivity (Wildman–Crippen MR) is 134 cm³/mol. The minimum Gasteiger partial charge on any atom is -0.373 e. The van der Waals surface area contributed by atoms with Gasteiger partial charge in [-0.2, -0.15) is 18.2 Å². The van der Waals surface area contributed by atoms with Crippen LogP contribution in [0.3, 0.4) is 0 Å². The van der Waals surface area contributed by atoms with Crippen molar-refractivity contribution in [3.8, 4) is 0 Å². The first-order chi connectivity index (χ1) is 17.8. The van der Waals surface area contributed by atoms with Crippen LogP contribution in [-0.4, -0.2) is 46.2 Å². The second-order valence-electron chi connectivity index (χ2n) is 8.99. The van der Waals surface area contributed by atoms with E-state index in [1.807, 2.05) is 30.3 Å². The zero-order valence-electron chi connectivity index (χ0n) is 20.4. The van der Waals surface area contributed by atoms with Gasteiger partial charge in [-0.25, -0.2) is 9.97 Å². The Hall–Kier alpha value is -3.73. The smallest absolute Gasteiger partial charge is 0.373 e. The number of carbonyl (C=O) groups excluding carboxylic acids is 1. The van der Waals surface area contributed by atoms with Crippen LogP contribution >= 0.6 is 0 Å². The molecule has 11 heteroatoms. The maximum Gasteiger partial charge on any atom is 0.392 e. The molecule has 1 amide bonds. The van der Waals surface area contributed by atoms with Crippen LogP contribution < -0.4 is 15.5 Å². The third-order valence-corrected chi connectivity index (χ3v) is 6.07. The first-order valence-corrected chi connectivity index (χ1v) is 12.1. The summed E-state index contributed by atoms with van der Waals surface area (Å²) in [7, 11) is 0. The Labute approximate surface area is 213 Å². The van der Waals surface area contributed by atoms with Crippen LogP contribution in [0.5, 0.6) is 0 Å². The van der Waals surface area contributed by atoms with E-state index in [1.54, 1.807) is 24.3 Å². The molecule has 0 saturated carbocycles. The topological polar surface area (TPSA) is 92.3 Å². The predicted octanol–water partition coefficient (Wildman–Crippen LogP) is 5.33. The van der Waals surface area contributed by atoms with Crippen LogP contribution in [0.15, 0.2) is 60.9 Å². The van der Waals surface area contributed by atoms with Crippen LogP contribution in [0.1, 0.15) is 31.7 Å². The van der Waals surface area contributed by atoms with Crippen molar-refractivity contribution in [2.75, 3.05) is 28.6 Å². The summed E-state index contributed by atoms with van der Waals surface area (Å²) in [6.07, 6.45) is -1.75. The fraction of sp³-hybridized carbons (Fsp3) is 0.385. The number of nitrogens with zero attached hydrogens (tertiary/aromatic N) is 4. The molecule has 1 aliphatic rings. The van der Waals surface area contributed by atoms with Gasteiger partial charge in [0.15, 0.2) is 0 Å². The lowest BCUT2D eigenvalue weighted by molar-refractivity contribution is -0.173. The molecule has 196 valence electrons. The molecule has 2 heterocycles. The molecule has 1 saturated heterocycles. The highest BCUT2D eigenvalue weighted by atomic mass is 19.4. The quantitative estimate of drug-likeness (QED) is 0.399. The molecule has 0 radical (unpaired) electrons. The summed E-state index contributed by atoms with van der Waals surface area (Å²) in [5.74, 6) is -1.57. The molecule has 3 aromatic rings. The first-order valence-electron chi connectivity index (χ1n) is 12.1. The molecule has 2 N–H and O–H groups in total. The van der Waals surface area contributed by atoms with Crippen LogP contribution in [-0.2, 0) is 16.1 Å². The van der Waals surface area contributed by atoms with Crippen molar-refractivity contribution in [1.82, 2.24) is 15.0 Å². The van der Waals surface area contributed by atoms with Gasteiger partial charge in [0.1, 0.15) is 6.33 Å². The number of carbonyl (C=O) groups is 1. The number of aromatic nitrogens is 3. The van der Waals surface area contributed by atoms with Gasteiger partial charge in [0.25, 0.3) is 0 Å². The Bertz CT molecular complexity index is 1170. The minimum absolute atomic E-state index is 0.174. The SMILES string of the molecule is C[C@@H](CC(=O)Nc1cccc(Nc2ncnc(N3CCC(OCc4ccccc4)CC3)n2)c1)C(F)(F)F. The van der Waals surface area contributed by atoms with Gasteiger partial charge >= 0.3 is 6.18 Å². The molecular formula is C26H29F3N6O2. The number of ether oxygens (including phenoxy) is 1. The molecular weight excluding hydrogens is 485 g/mol. The molecule has 1 aliphatic heterocycles. The van der Waals surface area contributed by atoms with E-state index >= 15 is 0 Å². The number of alkyl halides is 3. The average Bonchev–Trinajstić information content (AvgIpc) is 2.88. The first kappa shape index (κ1) is 26.3. The molecule has 1 aromatic heterocycles. The van der Waals surface area contributed by atoms with Crippen molar-refractivity contribution in [1.29, 1.82) is 0 Å². The van der Waals surface area contributed by atoms with Gasteiger partial charge in [-0.1, -0.05) is 43.3 Å². The van der Waals surface area contributed by atoms with E-state index in [0.717, 1.165) is 38.4 Å². The molecule has 8 nitrogen and oxygen atoms in total. The lowest BCUT2D eigenvalue weighted by Crippen LogP contribution is -2.38. The summed E-state index contributed by atoms with van der Waals surface area (Å²) in [5.41, 5.74) is 2.10. The summed E-state index contributed by atoms with van der Waals surface area (Å²) in [6.45, 7) is 3.07. The molecule has 1 fully saturated rings. The molecule has 37 heavy (non-hydrogen) atoms. The number of halogens is 3. The normalized spacial score (nSPS) is 15.3. The lowest BCUT2D eigenvalue weighted by atomic mass is 10.1. The van der Waals surface area contributed by atoms with Crippen molar-refractivity contribution >= 4 is 29.2 Å². The summed E-state index contributed by atoms with van der Waals surface area (Å²) in [4.78, 5) is 27.1. The molecule has 0 spiro atoms. The van der Waals surface area contributed by atoms with Crippen molar-refractivity contribution in [3.63, 3.8) is 0 Å². The van der Waals surface area contributed by atoms with Crippen molar-refractivity contribution in [2.24, 2.45) is 5.92 Å². The fourth-order valence-electron chi connectivity index (χ4n) is 3.92. The average molecular weight is 515 g/mol. The van der Waals surface area contributed by atoms with E-state index in [2.05, 4.69) is 30.5 Å². The van der Waals surface area contributed by atoms with E-state index < -0.39 is 24.4 Å². The Morgan fingerprint density at radius 2 is 1.81 bits per heavy atom. The van der Waals surface area contributed by atoms with Crippen molar-refractivity contribution in [2.45, 2.75) is 45.1 Å². The molecule has 4 rings (SSSR count). The van der Waals surface area contributed by atoms with E-state index in [0.29, 0.717) is 29.9 Å². The lowest BCUT2D eigenvalue weighted by Gasteiger charge is -2.31. The van der Waals surface area contributed by atoms with E-state index in [-0.39, 0.29) is 6.10 Å². The van der Waals surface area contributed by atoms with Gasteiger partial charge in [-0.05, 0) is 36.6 Å². The van der Waals surface area contributed by atoms with Crippen LogP contribution in [0.4, 0.5) is 36.4 Å². The maximum absolute atomic E-state index is 12.7. The van der Waals surface area contributed by atoms with Crippen LogP contribution in [0.25, 0.3) is 0 Å². The van der Waals surface area contributed by atoms with Gasteiger partial charge in [0, 0.05) is 30.9 Å². The van der Waals surface area contributed by atoms with Crippen LogP contribution in [0.2, 0.25) is 0 Å². The Kier molecular flexibility index (Phi) is 8.54. The monoisotopic (exact) mass is 514 g/mol. The van der Waals surface area contributed by atoms with E-state index in [4.69, 9.17) is 4.74 Å². The molecule has 0 bridgehead atoms. The maximum atomic E-state index is 12.7. The molecule has 0 unspecified atom stereocenters. The van der Waals surface area contributed by atoms with Gasteiger partial charge in [0.05, 0.1) is 18.6 Å². The summed E-state index contributed by atoms with van der Waals surface area (Å²) in [5, 5.41) is 5.57. The van der Waals surface area contributed by atoms with Crippen molar-refractivity contribution < 1.29 is 22.7 Å². The Morgan fingerprint density at radius 3 is 2.54 bits per heavy atom. The fourth-order valence-corrected chi connectivity index (χ4v) is 3.92. The minimum atomic E-state index is -4.42. The second-order valence-corrected chi connectivity index (χ2v) is 8.99. The third kappa shape index (κ3) is 7.88. The number of piperidine rings is 1. The molecule has 2 aromatic carbocycles. The van der Waals surface area contributed by atoms with Crippen LogP contribution in [0, 0.1) is 5.92 Å². The largest absolute Gasteiger partial charge is 0.392 e. The molecule has 0 aliphatic carbocycles. The second kappa shape index (κ2) is 12.0. The van der Waals surface area contributed by atoms with Gasteiger partial charge in [-0.3, -0.25) is 4.79 Å². The summed E-state index contributed by atoms with van der Waals surface area (Å²) in [6, 6.07) is 16.7. The highest BCUT2D eigenvalue weighted by Gasteiger charge is 2.37. The summed E-state index contributed by atoms with van der Waals surface area (Å²) < 4.78 is 44.2. The van der Waals surface area contributed by atoms with E-state index in [1.165, 1.54) is 6.33 Å². The standard InChI is InChI=1S/C26H29F3N6O2/c1-18(26(27,28)29)14-23(36)32-20-8-5-9-21(15-20)33-24-30-17-31-25(34-24)35-12-10-22(11-13-35)37-16-19-6-3-2-4-7-19/h2-9,15,17-18,22H,10-14,16H2,1H3,(H,32,36)(H,30,31,33,34)/t18-/m0/s1. The van der Waals surface area contributed by atoms with Crippen molar-refractivity contribution in [3.05, 3.63) is 66.5 Å². The number of nitrogens with one attached hydrogen (secondary N) is 2. The zero-order valence-corrected chi connectivity index (χ0v) is 20.4. The molecule has 1 atom stereocenters. The zero-order chi connectivity index (χ0) is 26.3. The van der Waals surface area contributed by atoms with Gasteiger partial charge in [-0.15, -0.1) is 0 Å². The number of benzene rings is 2. The number of rotatable bonds is 9. The number of hydrogen-bond donors (Lipinski definition) is 2. The van der Waals surface area contributed by atoms with Gasteiger partial charge in [0.2, 0.25) is 17.8 Å². The van der Waals surface area contributed by atoms with Gasteiger partial charge < -0.3 is 20.3 Å². The Balaban J connectivity index is 1.29. The highest BCUT2D eigenvalue weighted by molar-refractivity contribution is 5.91. The number of anilines is 4. The summed E-state index contributed by atoms with van der Waals surface area (Å²) >= 11 is 0. The van der Waals surface area contributed by atoms with E-state index in [9.17, 15) is 18.0 Å². The highest BCUT2D eigenvalue weighted by Crippen LogP contribution is 2.29. The Morgan fingerprint density at radius 1 is 1.08 bits per heavy atom.